The SMILES string of the molecule is CCNCc1ccc2c(ccn2Cc2cn(C)nn2)c1. The summed E-state index contributed by atoms with van der Waals surface area (Å²) in [7, 11) is 1.89. The number of aromatic nitrogens is 4. The summed E-state index contributed by atoms with van der Waals surface area (Å²) < 4.78 is 3.94. The number of hydrogen-bond donors (Lipinski definition) is 1. The zero-order valence-electron chi connectivity index (χ0n) is 11.9. The molecule has 3 rings (SSSR count). The normalized spacial score (nSPS) is 11.3. The van der Waals surface area contributed by atoms with Crippen LogP contribution in [0.3, 0.4) is 0 Å². The maximum absolute atomic E-state index is 4.14. The maximum atomic E-state index is 4.14. The van der Waals surface area contributed by atoms with E-state index in [1.807, 2.05) is 13.2 Å². The average Bonchev–Trinajstić information content (AvgIpc) is 3.04. The van der Waals surface area contributed by atoms with E-state index in [1.54, 1.807) is 4.68 Å². The van der Waals surface area contributed by atoms with Crippen molar-refractivity contribution in [3.05, 3.63) is 47.9 Å². The molecule has 0 fully saturated rings. The Morgan fingerprint density at radius 2 is 2.15 bits per heavy atom. The first-order valence-corrected chi connectivity index (χ1v) is 6.90. The van der Waals surface area contributed by atoms with Crippen molar-refractivity contribution in [2.45, 2.75) is 20.0 Å². The third kappa shape index (κ3) is 2.58. The minimum atomic E-state index is 0.754. The summed E-state index contributed by atoms with van der Waals surface area (Å²) in [6.45, 7) is 4.79. The first-order valence-electron chi connectivity index (χ1n) is 6.90. The van der Waals surface area contributed by atoms with E-state index in [0.717, 1.165) is 25.3 Å². The van der Waals surface area contributed by atoms with Crippen LogP contribution in [0.5, 0.6) is 0 Å². The van der Waals surface area contributed by atoms with Crippen molar-refractivity contribution in [1.29, 1.82) is 0 Å². The van der Waals surface area contributed by atoms with Crippen LogP contribution >= 0.6 is 0 Å². The number of nitrogens with zero attached hydrogens (tertiary/aromatic N) is 4. The summed E-state index contributed by atoms with van der Waals surface area (Å²) in [5, 5.41) is 12.7. The van der Waals surface area contributed by atoms with Crippen LogP contribution in [-0.4, -0.2) is 26.1 Å². The summed E-state index contributed by atoms with van der Waals surface area (Å²) in [6.07, 6.45) is 4.06. The fourth-order valence-corrected chi connectivity index (χ4v) is 2.41. The maximum Gasteiger partial charge on any atom is 0.102 e. The Morgan fingerprint density at radius 3 is 2.90 bits per heavy atom. The van der Waals surface area contributed by atoms with Crippen molar-refractivity contribution >= 4 is 10.9 Å². The molecule has 1 N–H and O–H groups in total. The van der Waals surface area contributed by atoms with Crippen molar-refractivity contribution in [3.8, 4) is 0 Å². The molecule has 20 heavy (non-hydrogen) atoms. The van der Waals surface area contributed by atoms with E-state index in [2.05, 4.69) is 57.6 Å². The van der Waals surface area contributed by atoms with Gasteiger partial charge in [0.05, 0.1) is 6.54 Å². The fraction of sp³-hybridized carbons (Fsp3) is 0.333. The van der Waals surface area contributed by atoms with Crippen molar-refractivity contribution in [2.75, 3.05) is 6.54 Å². The molecule has 0 bridgehead atoms. The van der Waals surface area contributed by atoms with Crippen molar-refractivity contribution in [3.63, 3.8) is 0 Å². The zero-order valence-corrected chi connectivity index (χ0v) is 11.9. The van der Waals surface area contributed by atoms with Gasteiger partial charge in [0, 0.05) is 31.5 Å². The Bertz CT molecular complexity index is 710. The molecule has 0 aliphatic rings. The van der Waals surface area contributed by atoms with Crippen LogP contribution in [0.4, 0.5) is 0 Å². The van der Waals surface area contributed by atoms with Gasteiger partial charge in [0.2, 0.25) is 0 Å². The van der Waals surface area contributed by atoms with Crippen LogP contribution in [0.15, 0.2) is 36.7 Å². The van der Waals surface area contributed by atoms with Gasteiger partial charge < -0.3 is 9.88 Å². The number of rotatable bonds is 5. The Labute approximate surface area is 118 Å². The average molecular weight is 269 g/mol. The first-order chi connectivity index (χ1) is 9.76. The Kier molecular flexibility index (Phi) is 3.52. The molecule has 0 aliphatic heterocycles. The molecule has 0 spiro atoms. The lowest BCUT2D eigenvalue weighted by molar-refractivity contribution is 0.711. The van der Waals surface area contributed by atoms with E-state index >= 15 is 0 Å². The summed E-state index contributed by atoms with van der Waals surface area (Å²) in [4.78, 5) is 0. The zero-order chi connectivity index (χ0) is 13.9. The molecule has 0 saturated carbocycles. The van der Waals surface area contributed by atoms with E-state index in [0.29, 0.717) is 0 Å². The van der Waals surface area contributed by atoms with Crippen LogP contribution in [0.1, 0.15) is 18.2 Å². The molecule has 5 heteroatoms. The van der Waals surface area contributed by atoms with Gasteiger partial charge in [0.15, 0.2) is 0 Å². The van der Waals surface area contributed by atoms with E-state index in [1.165, 1.54) is 16.5 Å². The third-order valence-electron chi connectivity index (χ3n) is 3.40. The predicted octanol–water partition coefficient (Wildman–Crippen LogP) is 1.93. The van der Waals surface area contributed by atoms with Crippen LogP contribution in [-0.2, 0) is 20.1 Å². The van der Waals surface area contributed by atoms with E-state index in [9.17, 15) is 0 Å². The van der Waals surface area contributed by atoms with Crippen molar-refractivity contribution in [2.24, 2.45) is 7.05 Å². The highest BCUT2D eigenvalue weighted by Crippen LogP contribution is 2.18. The number of fused-ring (bicyclic) bond motifs is 1. The summed E-state index contributed by atoms with van der Waals surface area (Å²) >= 11 is 0. The molecular weight excluding hydrogens is 250 g/mol. The molecule has 2 aromatic heterocycles. The van der Waals surface area contributed by atoms with Gasteiger partial charge in [-0.2, -0.15) is 0 Å². The van der Waals surface area contributed by atoms with Gasteiger partial charge in [-0.05, 0) is 35.7 Å². The largest absolute Gasteiger partial charge is 0.341 e. The standard InChI is InChI=1S/C15H19N5/c1-3-16-9-12-4-5-15-13(8-12)6-7-20(15)11-14-10-19(2)18-17-14/h4-8,10,16H,3,9,11H2,1-2H3. The van der Waals surface area contributed by atoms with Gasteiger partial charge >= 0.3 is 0 Å². The predicted molar refractivity (Wildman–Crippen MR) is 79.4 cm³/mol. The summed E-state index contributed by atoms with van der Waals surface area (Å²) in [6, 6.07) is 8.75. The van der Waals surface area contributed by atoms with Gasteiger partial charge in [-0.1, -0.05) is 18.2 Å². The minimum Gasteiger partial charge on any atom is -0.341 e. The van der Waals surface area contributed by atoms with Gasteiger partial charge in [0.25, 0.3) is 0 Å². The second-order valence-electron chi connectivity index (χ2n) is 5.00. The molecule has 5 nitrogen and oxygen atoms in total. The first kappa shape index (κ1) is 12.9. The second-order valence-corrected chi connectivity index (χ2v) is 5.00. The Hall–Kier alpha value is -2.14. The second kappa shape index (κ2) is 5.46. The summed E-state index contributed by atoms with van der Waals surface area (Å²) in [5.74, 6) is 0. The monoisotopic (exact) mass is 269 g/mol. The van der Waals surface area contributed by atoms with Crippen LogP contribution in [0.25, 0.3) is 10.9 Å². The lowest BCUT2D eigenvalue weighted by Crippen LogP contribution is -2.11. The topological polar surface area (TPSA) is 47.7 Å². The molecule has 104 valence electrons. The highest BCUT2D eigenvalue weighted by atomic mass is 15.4. The molecule has 0 aliphatic carbocycles. The lowest BCUT2D eigenvalue weighted by Gasteiger charge is -2.05. The highest BCUT2D eigenvalue weighted by molar-refractivity contribution is 5.81. The number of nitrogens with one attached hydrogen (secondary N) is 1. The van der Waals surface area contributed by atoms with Gasteiger partial charge in [0.1, 0.15) is 5.69 Å². The number of hydrogen-bond acceptors (Lipinski definition) is 3. The summed E-state index contributed by atoms with van der Waals surface area (Å²) in [5.41, 5.74) is 3.52. The Morgan fingerprint density at radius 1 is 1.25 bits per heavy atom. The molecule has 3 aromatic rings. The van der Waals surface area contributed by atoms with Crippen molar-refractivity contribution < 1.29 is 0 Å². The smallest absolute Gasteiger partial charge is 0.102 e. The molecular formula is C15H19N5. The van der Waals surface area contributed by atoms with Crippen molar-refractivity contribution in [1.82, 2.24) is 24.9 Å². The molecule has 0 amide bonds. The van der Waals surface area contributed by atoms with Gasteiger partial charge in [-0.3, -0.25) is 4.68 Å². The highest BCUT2D eigenvalue weighted by Gasteiger charge is 2.05. The lowest BCUT2D eigenvalue weighted by atomic mass is 10.1. The van der Waals surface area contributed by atoms with Gasteiger partial charge in [-0.25, -0.2) is 0 Å². The number of aryl methyl sites for hydroxylation is 1. The molecule has 0 atom stereocenters. The molecule has 1 aromatic carbocycles. The van der Waals surface area contributed by atoms with E-state index < -0.39 is 0 Å². The molecule has 2 heterocycles. The molecule has 0 saturated heterocycles. The molecule has 0 unspecified atom stereocenters. The van der Waals surface area contributed by atoms with Crippen LogP contribution < -0.4 is 5.32 Å². The Balaban J connectivity index is 1.85. The van der Waals surface area contributed by atoms with Crippen LogP contribution in [0, 0.1) is 0 Å². The quantitative estimate of drug-likeness (QED) is 0.770. The van der Waals surface area contributed by atoms with E-state index in [4.69, 9.17) is 0 Å². The fourth-order valence-electron chi connectivity index (χ4n) is 2.41. The minimum absolute atomic E-state index is 0.754. The number of benzene rings is 1. The van der Waals surface area contributed by atoms with E-state index in [-0.39, 0.29) is 0 Å². The molecule has 0 radical (unpaired) electrons. The third-order valence-corrected chi connectivity index (χ3v) is 3.40. The van der Waals surface area contributed by atoms with Crippen LogP contribution in [0.2, 0.25) is 0 Å². The van der Waals surface area contributed by atoms with Gasteiger partial charge in [-0.15, -0.1) is 5.10 Å².